The molecule has 0 unspecified atom stereocenters. The van der Waals surface area contributed by atoms with Gasteiger partial charge in [0.05, 0.1) is 22.6 Å². The molecular formula is C22H22ClF3N4O3. The molecule has 4 rings (SSSR count). The first kappa shape index (κ1) is 23.3. The zero-order valence-electron chi connectivity index (χ0n) is 17.9. The minimum atomic E-state index is -4.65. The molecule has 0 atom stereocenters. The zero-order valence-corrected chi connectivity index (χ0v) is 18.6. The molecule has 1 amide bonds. The van der Waals surface area contributed by atoms with Gasteiger partial charge in [-0.15, -0.1) is 0 Å². The number of methoxy groups -OCH3 is 1. The van der Waals surface area contributed by atoms with Crippen LogP contribution in [0.3, 0.4) is 0 Å². The topological polar surface area (TPSA) is 69.4 Å². The monoisotopic (exact) mass is 482 g/mol. The van der Waals surface area contributed by atoms with Gasteiger partial charge in [-0.1, -0.05) is 17.7 Å². The van der Waals surface area contributed by atoms with Crippen LogP contribution in [0.1, 0.15) is 18.4 Å². The average molecular weight is 483 g/mol. The third-order valence-electron chi connectivity index (χ3n) is 5.73. The third kappa shape index (κ3) is 4.63. The molecule has 0 spiro atoms. The number of rotatable bonds is 6. The van der Waals surface area contributed by atoms with Crippen LogP contribution in [0, 0.1) is 0 Å². The smallest absolute Gasteiger partial charge is 0.383 e. The molecule has 0 N–H and O–H groups in total. The van der Waals surface area contributed by atoms with E-state index in [2.05, 4.69) is 4.98 Å². The molecule has 1 aromatic carbocycles. The Hall–Kier alpha value is -2.85. The third-order valence-corrected chi connectivity index (χ3v) is 6.06. The van der Waals surface area contributed by atoms with Gasteiger partial charge in [0.15, 0.2) is 0 Å². The standard InChI is InChI=1S/C22H22ClF3N4O3/c1-33-9-8-29-11-15(14-4-5-17(23)16(10-14)22(24,25)26)19-20(29)27-13-30(21(19)32)12-18(31)28-6-2-3-7-28/h4-5,10-11,13H,2-3,6-9,12H2,1H3. The lowest BCUT2D eigenvalue weighted by atomic mass is 10.0. The Labute approximate surface area is 192 Å². The highest BCUT2D eigenvalue weighted by Gasteiger charge is 2.34. The lowest BCUT2D eigenvalue weighted by Crippen LogP contribution is -2.34. The van der Waals surface area contributed by atoms with Gasteiger partial charge in [-0.3, -0.25) is 14.2 Å². The molecule has 1 saturated heterocycles. The van der Waals surface area contributed by atoms with Crippen molar-refractivity contribution in [2.45, 2.75) is 32.1 Å². The number of hydrogen-bond acceptors (Lipinski definition) is 4. The van der Waals surface area contributed by atoms with Crippen LogP contribution in [0.5, 0.6) is 0 Å². The quantitative estimate of drug-likeness (QED) is 0.536. The van der Waals surface area contributed by atoms with Gasteiger partial charge in [0.1, 0.15) is 18.5 Å². The van der Waals surface area contributed by atoms with Crippen LogP contribution in [0.2, 0.25) is 5.02 Å². The number of ether oxygens (including phenoxy) is 1. The highest BCUT2D eigenvalue weighted by molar-refractivity contribution is 6.31. The number of aromatic nitrogens is 3. The summed E-state index contributed by atoms with van der Waals surface area (Å²) < 4.78 is 48.3. The van der Waals surface area contributed by atoms with Crippen molar-refractivity contribution in [1.82, 2.24) is 19.0 Å². The molecule has 3 aromatic rings. The first-order valence-corrected chi connectivity index (χ1v) is 10.8. The molecule has 0 radical (unpaired) electrons. The highest BCUT2D eigenvalue weighted by Crippen LogP contribution is 2.38. The second kappa shape index (κ2) is 9.18. The van der Waals surface area contributed by atoms with E-state index in [4.69, 9.17) is 16.3 Å². The van der Waals surface area contributed by atoms with Crippen molar-refractivity contribution < 1.29 is 22.7 Å². The Kier molecular flexibility index (Phi) is 6.49. The van der Waals surface area contributed by atoms with Crippen molar-refractivity contribution in [2.75, 3.05) is 26.8 Å². The number of amides is 1. The fraction of sp³-hybridized carbons (Fsp3) is 0.409. The molecule has 0 saturated carbocycles. The van der Waals surface area contributed by atoms with E-state index in [0.717, 1.165) is 25.0 Å². The van der Waals surface area contributed by atoms with Gasteiger partial charge in [-0.05, 0) is 30.5 Å². The van der Waals surface area contributed by atoms with Crippen molar-refractivity contribution in [3.05, 3.63) is 51.7 Å². The van der Waals surface area contributed by atoms with Crippen LogP contribution in [0.4, 0.5) is 13.2 Å². The van der Waals surface area contributed by atoms with Crippen molar-refractivity contribution >= 4 is 28.5 Å². The summed E-state index contributed by atoms with van der Waals surface area (Å²) >= 11 is 5.77. The van der Waals surface area contributed by atoms with Crippen LogP contribution in [-0.2, 0) is 28.8 Å². The molecule has 176 valence electrons. The fourth-order valence-electron chi connectivity index (χ4n) is 4.03. The Morgan fingerprint density at radius 1 is 1.21 bits per heavy atom. The minimum absolute atomic E-state index is 0.137. The van der Waals surface area contributed by atoms with E-state index >= 15 is 0 Å². The number of carbonyl (C=O) groups excluding carboxylic acids is 1. The summed E-state index contributed by atoms with van der Waals surface area (Å²) in [4.78, 5) is 32.0. The number of halogens is 4. The predicted octanol–water partition coefficient (Wildman–Crippen LogP) is 3.81. The van der Waals surface area contributed by atoms with Gasteiger partial charge in [-0.25, -0.2) is 4.98 Å². The summed E-state index contributed by atoms with van der Waals surface area (Å²) in [6.07, 6.45) is 0.0655. The number of carbonyl (C=O) groups is 1. The molecule has 1 aliphatic heterocycles. The number of nitrogens with zero attached hydrogens (tertiary/aromatic N) is 4. The molecule has 7 nitrogen and oxygen atoms in total. The van der Waals surface area contributed by atoms with Crippen molar-refractivity contribution in [2.24, 2.45) is 0 Å². The largest absolute Gasteiger partial charge is 0.417 e. The fourth-order valence-corrected chi connectivity index (χ4v) is 4.25. The summed E-state index contributed by atoms with van der Waals surface area (Å²) in [6.45, 7) is 1.77. The Morgan fingerprint density at radius 3 is 2.61 bits per heavy atom. The van der Waals surface area contributed by atoms with E-state index in [-0.39, 0.29) is 29.0 Å². The van der Waals surface area contributed by atoms with Gasteiger partial charge in [-0.2, -0.15) is 13.2 Å². The highest BCUT2D eigenvalue weighted by atomic mass is 35.5. The van der Waals surface area contributed by atoms with Crippen LogP contribution in [0.25, 0.3) is 22.2 Å². The van der Waals surface area contributed by atoms with Gasteiger partial charge in [0.25, 0.3) is 5.56 Å². The molecule has 33 heavy (non-hydrogen) atoms. The van der Waals surface area contributed by atoms with E-state index in [1.807, 2.05) is 0 Å². The Morgan fingerprint density at radius 2 is 1.94 bits per heavy atom. The maximum absolute atomic E-state index is 13.4. The lowest BCUT2D eigenvalue weighted by Gasteiger charge is -2.16. The molecule has 2 aromatic heterocycles. The second-order valence-electron chi connectivity index (χ2n) is 7.89. The maximum atomic E-state index is 13.4. The van der Waals surface area contributed by atoms with Crippen LogP contribution in [-0.4, -0.2) is 51.7 Å². The van der Waals surface area contributed by atoms with Gasteiger partial charge in [0, 0.05) is 38.5 Å². The summed E-state index contributed by atoms with van der Waals surface area (Å²) in [5, 5.41) is -0.292. The van der Waals surface area contributed by atoms with Gasteiger partial charge >= 0.3 is 6.18 Å². The first-order chi connectivity index (χ1) is 15.7. The molecular weight excluding hydrogens is 461 g/mol. The van der Waals surface area contributed by atoms with E-state index in [1.165, 1.54) is 24.1 Å². The molecule has 11 heteroatoms. The van der Waals surface area contributed by atoms with E-state index in [1.54, 1.807) is 15.7 Å². The number of fused-ring (bicyclic) bond motifs is 1. The predicted molar refractivity (Wildman–Crippen MR) is 117 cm³/mol. The van der Waals surface area contributed by atoms with E-state index < -0.39 is 22.3 Å². The van der Waals surface area contributed by atoms with Gasteiger partial charge < -0.3 is 14.2 Å². The van der Waals surface area contributed by atoms with E-state index in [0.29, 0.717) is 31.9 Å². The number of alkyl halides is 3. The second-order valence-corrected chi connectivity index (χ2v) is 8.29. The minimum Gasteiger partial charge on any atom is -0.383 e. The van der Waals surface area contributed by atoms with Gasteiger partial charge in [0.2, 0.25) is 5.91 Å². The van der Waals surface area contributed by atoms with Crippen LogP contribution >= 0.6 is 11.6 Å². The average Bonchev–Trinajstić information content (AvgIpc) is 3.42. The molecule has 0 aliphatic carbocycles. The molecule has 3 heterocycles. The van der Waals surface area contributed by atoms with E-state index in [9.17, 15) is 22.8 Å². The normalized spacial score (nSPS) is 14.4. The van der Waals surface area contributed by atoms with Crippen molar-refractivity contribution in [3.8, 4) is 11.1 Å². The summed E-state index contributed by atoms with van der Waals surface area (Å²) in [6, 6.07) is 3.51. The summed E-state index contributed by atoms with van der Waals surface area (Å²) in [7, 11) is 1.52. The molecule has 1 fully saturated rings. The zero-order chi connectivity index (χ0) is 23.8. The van der Waals surface area contributed by atoms with Crippen molar-refractivity contribution in [1.29, 1.82) is 0 Å². The van der Waals surface area contributed by atoms with Crippen LogP contribution < -0.4 is 5.56 Å². The summed E-state index contributed by atoms with van der Waals surface area (Å²) in [5.74, 6) is -0.193. The van der Waals surface area contributed by atoms with Crippen LogP contribution in [0.15, 0.2) is 35.5 Å². The number of benzene rings is 1. The number of hydrogen-bond donors (Lipinski definition) is 0. The molecule has 1 aliphatic rings. The maximum Gasteiger partial charge on any atom is 0.417 e. The number of likely N-dealkylation sites (tertiary alicyclic amines) is 1. The molecule has 0 bridgehead atoms. The summed E-state index contributed by atoms with van der Waals surface area (Å²) in [5.41, 5.74) is -0.727. The SMILES string of the molecule is COCCn1cc(-c2ccc(Cl)c(C(F)(F)F)c2)c2c(=O)n(CC(=O)N3CCCC3)cnc21. The lowest BCUT2D eigenvalue weighted by molar-refractivity contribution is -0.137. The first-order valence-electron chi connectivity index (χ1n) is 10.4. The Balaban J connectivity index is 1.84. The Bertz CT molecular complexity index is 1250. The van der Waals surface area contributed by atoms with Crippen molar-refractivity contribution in [3.63, 3.8) is 0 Å².